The molecule has 0 radical (unpaired) electrons. The maximum atomic E-state index is 10.7. The number of rotatable bonds is 5. The van der Waals surface area contributed by atoms with Gasteiger partial charge in [0.25, 0.3) is 0 Å². The zero-order valence-corrected chi connectivity index (χ0v) is 8.90. The van der Waals surface area contributed by atoms with Crippen molar-refractivity contribution in [3.63, 3.8) is 0 Å². The molecule has 0 aliphatic carbocycles. The fourth-order valence-corrected chi connectivity index (χ4v) is 2.53. The van der Waals surface area contributed by atoms with Crippen molar-refractivity contribution >= 4 is 29.1 Å². The maximum Gasteiger partial charge on any atom is 0.316 e. The molecule has 0 aromatic carbocycles. The van der Waals surface area contributed by atoms with Crippen LogP contribution >= 0.6 is 23.1 Å². The Morgan fingerprint density at radius 3 is 3.08 bits per heavy atom. The van der Waals surface area contributed by atoms with Crippen molar-refractivity contribution in [1.82, 2.24) is 4.98 Å². The minimum Gasteiger partial charge on any atom is -0.480 e. The van der Waals surface area contributed by atoms with Gasteiger partial charge >= 0.3 is 5.97 Å². The van der Waals surface area contributed by atoms with E-state index in [0.717, 1.165) is 5.01 Å². The van der Waals surface area contributed by atoms with Gasteiger partial charge in [-0.1, -0.05) is 6.92 Å². The second kappa shape index (κ2) is 5.24. The summed E-state index contributed by atoms with van der Waals surface area (Å²) >= 11 is 3.00. The summed E-state index contributed by atoms with van der Waals surface area (Å²) in [5.41, 5.74) is 0. The van der Waals surface area contributed by atoms with Gasteiger partial charge in [0, 0.05) is 17.3 Å². The molecule has 1 aromatic heterocycles. The summed E-state index contributed by atoms with van der Waals surface area (Å²) in [6.45, 7) is 1.88. The van der Waals surface area contributed by atoms with Crippen LogP contribution in [0.3, 0.4) is 0 Å². The second-order valence-corrected chi connectivity index (χ2v) is 4.64. The van der Waals surface area contributed by atoms with E-state index in [4.69, 9.17) is 5.11 Å². The number of aliphatic carboxylic acids is 1. The number of hydrogen-bond acceptors (Lipinski definition) is 4. The molecule has 0 bridgehead atoms. The number of aromatic nitrogens is 1. The third-order valence-electron chi connectivity index (χ3n) is 1.54. The molecule has 0 aliphatic heterocycles. The van der Waals surface area contributed by atoms with Crippen LogP contribution in [-0.2, 0) is 10.5 Å². The number of thiazole rings is 1. The lowest BCUT2D eigenvalue weighted by Crippen LogP contribution is -2.14. The van der Waals surface area contributed by atoms with Crippen LogP contribution in [0.1, 0.15) is 18.4 Å². The Balaban J connectivity index is 2.36. The van der Waals surface area contributed by atoms with E-state index in [-0.39, 0.29) is 5.25 Å². The summed E-state index contributed by atoms with van der Waals surface area (Å²) in [4.78, 5) is 14.7. The summed E-state index contributed by atoms with van der Waals surface area (Å²) in [5, 5.41) is 11.4. The van der Waals surface area contributed by atoms with Crippen LogP contribution < -0.4 is 0 Å². The van der Waals surface area contributed by atoms with Gasteiger partial charge in [-0.05, 0) is 6.42 Å². The average Bonchev–Trinajstić information content (AvgIpc) is 2.57. The molecule has 5 heteroatoms. The summed E-state index contributed by atoms with van der Waals surface area (Å²) in [5.74, 6) is -0.0355. The first-order valence-electron chi connectivity index (χ1n) is 3.96. The van der Waals surface area contributed by atoms with Crippen LogP contribution in [0.5, 0.6) is 0 Å². The summed E-state index contributed by atoms with van der Waals surface area (Å²) in [7, 11) is 0. The molecule has 0 aliphatic rings. The Kier molecular flexibility index (Phi) is 4.24. The SMILES string of the molecule is CCC(SCc1nccs1)C(=O)O. The van der Waals surface area contributed by atoms with Gasteiger partial charge < -0.3 is 5.11 Å². The number of thioether (sulfide) groups is 1. The number of nitrogens with zero attached hydrogens (tertiary/aromatic N) is 1. The quantitative estimate of drug-likeness (QED) is 0.821. The van der Waals surface area contributed by atoms with Crippen LogP contribution in [0.2, 0.25) is 0 Å². The standard InChI is InChI=1S/C8H11NO2S2/c1-2-6(8(10)11)13-5-7-9-3-4-12-7/h3-4,6H,2,5H2,1H3,(H,10,11). The smallest absolute Gasteiger partial charge is 0.316 e. The highest BCUT2D eigenvalue weighted by molar-refractivity contribution is 7.99. The number of hydrogen-bond donors (Lipinski definition) is 1. The molecule has 0 saturated carbocycles. The van der Waals surface area contributed by atoms with E-state index in [9.17, 15) is 4.79 Å². The van der Waals surface area contributed by atoms with Crippen molar-refractivity contribution in [2.75, 3.05) is 0 Å². The number of carboxylic acid groups (broad SMARTS) is 1. The molecular weight excluding hydrogens is 206 g/mol. The third kappa shape index (κ3) is 3.36. The molecule has 0 spiro atoms. The molecule has 1 N–H and O–H groups in total. The highest BCUT2D eigenvalue weighted by atomic mass is 32.2. The largest absolute Gasteiger partial charge is 0.480 e. The normalized spacial score (nSPS) is 12.7. The summed E-state index contributed by atoms with van der Waals surface area (Å²) < 4.78 is 0. The topological polar surface area (TPSA) is 50.2 Å². The molecular formula is C8H11NO2S2. The molecule has 0 saturated heterocycles. The summed E-state index contributed by atoms with van der Waals surface area (Å²) in [6.07, 6.45) is 2.40. The van der Waals surface area contributed by atoms with Gasteiger partial charge in [0.15, 0.2) is 0 Å². The monoisotopic (exact) mass is 217 g/mol. The molecule has 1 aromatic rings. The second-order valence-electron chi connectivity index (χ2n) is 2.47. The first-order chi connectivity index (χ1) is 6.24. The molecule has 0 fully saturated rings. The Morgan fingerprint density at radius 2 is 2.62 bits per heavy atom. The fraction of sp³-hybridized carbons (Fsp3) is 0.500. The van der Waals surface area contributed by atoms with E-state index < -0.39 is 5.97 Å². The highest BCUT2D eigenvalue weighted by Gasteiger charge is 2.15. The van der Waals surface area contributed by atoms with Gasteiger partial charge in [0.2, 0.25) is 0 Å². The fourth-order valence-electron chi connectivity index (χ4n) is 0.860. The highest BCUT2D eigenvalue weighted by Crippen LogP contribution is 2.21. The Bertz CT molecular complexity index is 261. The van der Waals surface area contributed by atoms with E-state index in [1.807, 2.05) is 12.3 Å². The van der Waals surface area contributed by atoms with Gasteiger partial charge in [0.1, 0.15) is 10.3 Å². The van der Waals surface area contributed by atoms with Crippen molar-refractivity contribution in [1.29, 1.82) is 0 Å². The van der Waals surface area contributed by atoms with Gasteiger partial charge in [-0.15, -0.1) is 23.1 Å². The van der Waals surface area contributed by atoms with Crippen LogP contribution in [0.15, 0.2) is 11.6 Å². The van der Waals surface area contributed by atoms with Gasteiger partial charge in [0.05, 0.1) is 0 Å². The minimum atomic E-state index is -0.732. The Hall–Kier alpha value is -0.550. The van der Waals surface area contributed by atoms with E-state index in [1.54, 1.807) is 17.5 Å². The Morgan fingerprint density at radius 1 is 1.85 bits per heavy atom. The van der Waals surface area contributed by atoms with Crippen molar-refractivity contribution < 1.29 is 9.90 Å². The van der Waals surface area contributed by atoms with E-state index in [0.29, 0.717) is 12.2 Å². The summed E-state index contributed by atoms with van der Waals surface area (Å²) in [6, 6.07) is 0. The van der Waals surface area contributed by atoms with Gasteiger partial charge in [-0.2, -0.15) is 0 Å². The molecule has 1 heterocycles. The van der Waals surface area contributed by atoms with Crippen LogP contribution in [0, 0.1) is 0 Å². The Labute approximate surface area is 85.2 Å². The first kappa shape index (κ1) is 10.5. The molecule has 0 amide bonds. The van der Waals surface area contributed by atoms with Crippen molar-refractivity contribution in [3.8, 4) is 0 Å². The predicted molar refractivity (Wildman–Crippen MR) is 55.1 cm³/mol. The average molecular weight is 217 g/mol. The minimum absolute atomic E-state index is 0.302. The zero-order valence-electron chi connectivity index (χ0n) is 7.27. The first-order valence-corrected chi connectivity index (χ1v) is 5.89. The number of carbonyl (C=O) groups is 1. The van der Waals surface area contributed by atoms with Crippen molar-refractivity contribution in [2.45, 2.75) is 24.3 Å². The van der Waals surface area contributed by atoms with Crippen LogP contribution in [0.4, 0.5) is 0 Å². The molecule has 72 valence electrons. The molecule has 13 heavy (non-hydrogen) atoms. The zero-order chi connectivity index (χ0) is 9.68. The van der Waals surface area contributed by atoms with E-state index >= 15 is 0 Å². The van der Waals surface area contributed by atoms with Crippen LogP contribution in [-0.4, -0.2) is 21.3 Å². The van der Waals surface area contributed by atoms with Crippen molar-refractivity contribution in [2.24, 2.45) is 0 Å². The number of carboxylic acids is 1. The third-order valence-corrected chi connectivity index (χ3v) is 3.88. The molecule has 1 unspecified atom stereocenters. The predicted octanol–water partition coefficient (Wildman–Crippen LogP) is 2.24. The molecule has 3 nitrogen and oxygen atoms in total. The van der Waals surface area contributed by atoms with Gasteiger partial charge in [-0.3, -0.25) is 4.79 Å². The molecule has 1 atom stereocenters. The molecule has 1 rings (SSSR count). The van der Waals surface area contributed by atoms with Gasteiger partial charge in [-0.25, -0.2) is 4.98 Å². The lowest BCUT2D eigenvalue weighted by molar-refractivity contribution is -0.136. The lowest BCUT2D eigenvalue weighted by Gasteiger charge is -2.06. The van der Waals surface area contributed by atoms with E-state index in [2.05, 4.69) is 4.98 Å². The maximum absolute atomic E-state index is 10.7. The lowest BCUT2D eigenvalue weighted by atomic mass is 10.3. The van der Waals surface area contributed by atoms with E-state index in [1.165, 1.54) is 11.8 Å². The van der Waals surface area contributed by atoms with Crippen LogP contribution in [0.25, 0.3) is 0 Å². The van der Waals surface area contributed by atoms with Crippen molar-refractivity contribution in [3.05, 3.63) is 16.6 Å².